The first-order valence-corrected chi connectivity index (χ1v) is 6.14. The van der Waals surface area contributed by atoms with Crippen LogP contribution in [0.25, 0.3) is 6.08 Å². The largest absolute Gasteiger partial charge is 0.378 e. The molecule has 0 unspecified atom stereocenters. The number of nitrogens with zero attached hydrogens (tertiary/aromatic N) is 2. The number of allylic oxidation sites excluding steroid dienone is 1. The van der Waals surface area contributed by atoms with E-state index in [4.69, 9.17) is 0 Å². The van der Waals surface area contributed by atoms with Crippen molar-refractivity contribution in [2.24, 2.45) is 0 Å². The summed E-state index contributed by atoms with van der Waals surface area (Å²) in [7, 11) is 4.10. The van der Waals surface area contributed by atoms with Crippen LogP contribution in [0, 0.1) is 0 Å². The minimum absolute atomic E-state index is 0.899. The molecular weight excluding hydrogens is 220 g/mol. The second-order valence-corrected chi connectivity index (χ2v) is 4.46. The molecule has 1 aromatic carbocycles. The van der Waals surface area contributed by atoms with Crippen LogP contribution in [-0.4, -0.2) is 14.1 Å². The lowest BCUT2D eigenvalue weighted by atomic mass is 10.2. The average molecular weight is 239 g/mol. The summed E-state index contributed by atoms with van der Waals surface area (Å²) in [6, 6.07) is 14.7. The summed E-state index contributed by atoms with van der Waals surface area (Å²) >= 11 is 0. The maximum Gasteiger partial charge on any atom is 0.169 e. The zero-order valence-corrected chi connectivity index (χ0v) is 11.0. The fraction of sp³-hybridized carbons (Fsp3) is 0.188. The Kier molecular flexibility index (Phi) is 4.13. The van der Waals surface area contributed by atoms with Crippen molar-refractivity contribution >= 4 is 11.8 Å². The SMILES string of the molecule is CN(C)c1ccc(C=CC[n+]2ccccc2)cc1. The van der Waals surface area contributed by atoms with Crippen molar-refractivity contribution in [3.8, 4) is 0 Å². The molecule has 2 nitrogen and oxygen atoms in total. The number of hydrogen-bond donors (Lipinski definition) is 0. The minimum Gasteiger partial charge on any atom is -0.378 e. The van der Waals surface area contributed by atoms with Crippen molar-refractivity contribution in [2.75, 3.05) is 19.0 Å². The number of anilines is 1. The minimum atomic E-state index is 0.899. The lowest BCUT2D eigenvalue weighted by Gasteiger charge is -2.11. The lowest BCUT2D eigenvalue weighted by Crippen LogP contribution is -2.30. The average Bonchev–Trinajstić information content (AvgIpc) is 2.40. The van der Waals surface area contributed by atoms with Gasteiger partial charge in [-0.15, -0.1) is 0 Å². The predicted octanol–water partition coefficient (Wildman–Crippen LogP) is 2.75. The molecule has 92 valence electrons. The van der Waals surface area contributed by atoms with Gasteiger partial charge in [-0.2, -0.15) is 0 Å². The summed E-state index contributed by atoms with van der Waals surface area (Å²) in [6.45, 7) is 0.899. The third-order valence-electron chi connectivity index (χ3n) is 2.81. The molecule has 0 saturated carbocycles. The Bertz CT molecular complexity index is 498. The van der Waals surface area contributed by atoms with E-state index >= 15 is 0 Å². The first-order valence-electron chi connectivity index (χ1n) is 6.14. The summed E-state index contributed by atoms with van der Waals surface area (Å²) in [5, 5.41) is 0. The molecule has 0 aliphatic heterocycles. The molecule has 0 saturated heterocycles. The van der Waals surface area contributed by atoms with Gasteiger partial charge >= 0.3 is 0 Å². The quantitative estimate of drug-likeness (QED) is 0.744. The first-order chi connectivity index (χ1) is 8.75. The van der Waals surface area contributed by atoms with E-state index in [2.05, 4.69) is 72.4 Å². The van der Waals surface area contributed by atoms with Crippen molar-refractivity contribution in [1.82, 2.24) is 0 Å². The van der Waals surface area contributed by atoms with Gasteiger partial charge in [0.25, 0.3) is 0 Å². The molecule has 1 aromatic heterocycles. The van der Waals surface area contributed by atoms with Crippen LogP contribution in [0.15, 0.2) is 60.9 Å². The number of benzene rings is 1. The van der Waals surface area contributed by atoms with Crippen LogP contribution in [0.2, 0.25) is 0 Å². The molecule has 1 heterocycles. The van der Waals surface area contributed by atoms with E-state index in [0.29, 0.717) is 0 Å². The van der Waals surface area contributed by atoms with Crippen molar-refractivity contribution in [3.05, 3.63) is 66.5 Å². The highest BCUT2D eigenvalue weighted by Gasteiger charge is 1.95. The molecule has 0 bridgehead atoms. The number of hydrogen-bond acceptors (Lipinski definition) is 1. The Hall–Kier alpha value is -2.09. The van der Waals surface area contributed by atoms with Gasteiger partial charge < -0.3 is 4.90 Å². The second kappa shape index (κ2) is 6.01. The third kappa shape index (κ3) is 3.45. The molecule has 0 N–H and O–H groups in total. The molecule has 0 amide bonds. The standard InChI is InChI=1S/C16H19N2/c1-17(2)16-10-8-15(9-11-16)7-6-14-18-12-4-3-5-13-18/h3-13H,14H2,1-2H3/q+1. The zero-order chi connectivity index (χ0) is 12.8. The van der Waals surface area contributed by atoms with E-state index in [1.807, 2.05) is 18.2 Å². The molecule has 2 rings (SSSR count). The monoisotopic (exact) mass is 239 g/mol. The van der Waals surface area contributed by atoms with Crippen LogP contribution >= 0.6 is 0 Å². The molecule has 0 radical (unpaired) electrons. The van der Waals surface area contributed by atoms with Crippen LogP contribution in [0.4, 0.5) is 5.69 Å². The van der Waals surface area contributed by atoms with Crippen LogP contribution in [0.3, 0.4) is 0 Å². The molecular formula is C16H19N2+. The summed E-state index contributed by atoms with van der Waals surface area (Å²) in [5.41, 5.74) is 2.46. The molecule has 0 aliphatic rings. The van der Waals surface area contributed by atoms with E-state index in [9.17, 15) is 0 Å². The molecule has 0 aliphatic carbocycles. The highest BCUT2D eigenvalue weighted by molar-refractivity contribution is 5.55. The van der Waals surface area contributed by atoms with Crippen LogP contribution in [0.5, 0.6) is 0 Å². The first kappa shape index (κ1) is 12.4. The van der Waals surface area contributed by atoms with Gasteiger partial charge in [0.2, 0.25) is 0 Å². The van der Waals surface area contributed by atoms with Crippen molar-refractivity contribution in [3.63, 3.8) is 0 Å². The van der Waals surface area contributed by atoms with Gasteiger partial charge in [0, 0.05) is 31.9 Å². The fourth-order valence-corrected chi connectivity index (χ4v) is 1.75. The van der Waals surface area contributed by atoms with Gasteiger partial charge in [0.05, 0.1) is 0 Å². The maximum absolute atomic E-state index is 2.17. The summed E-state index contributed by atoms with van der Waals surface area (Å²) in [5.74, 6) is 0. The fourth-order valence-electron chi connectivity index (χ4n) is 1.75. The van der Waals surface area contributed by atoms with Crippen molar-refractivity contribution < 1.29 is 4.57 Å². The second-order valence-electron chi connectivity index (χ2n) is 4.46. The van der Waals surface area contributed by atoms with E-state index in [0.717, 1.165) is 6.54 Å². The highest BCUT2D eigenvalue weighted by atomic mass is 15.1. The summed E-state index contributed by atoms with van der Waals surface area (Å²) in [6.07, 6.45) is 8.46. The van der Waals surface area contributed by atoms with Crippen LogP contribution < -0.4 is 9.47 Å². The van der Waals surface area contributed by atoms with Crippen LogP contribution in [0.1, 0.15) is 5.56 Å². The van der Waals surface area contributed by atoms with E-state index < -0.39 is 0 Å². The molecule has 0 fully saturated rings. The zero-order valence-electron chi connectivity index (χ0n) is 11.0. The van der Waals surface area contributed by atoms with Gasteiger partial charge in [0.15, 0.2) is 18.9 Å². The normalized spacial score (nSPS) is 10.8. The maximum atomic E-state index is 2.17. The van der Waals surface area contributed by atoms with E-state index in [1.165, 1.54) is 11.3 Å². The number of rotatable bonds is 4. The van der Waals surface area contributed by atoms with Crippen molar-refractivity contribution in [2.45, 2.75) is 6.54 Å². The Labute approximate surface area is 109 Å². The molecule has 2 aromatic rings. The lowest BCUT2D eigenvalue weighted by molar-refractivity contribution is -0.686. The smallest absolute Gasteiger partial charge is 0.169 e. The Morgan fingerprint density at radius 3 is 2.28 bits per heavy atom. The topological polar surface area (TPSA) is 7.12 Å². The van der Waals surface area contributed by atoms with Gasteiger partial charge in [-0.25, -0.2) is 4.57 Å². The van der Waals surface area contributed by atoms with Crippen molar-refractivity contribution in [1.29, 1.82) is 0 Å². The third-order valence-corrected chi connectivity index (χ3v) is 2.81. The van der Waals surface area contributed by atoms with Gasteiger partial charge in [-0.3, -0.25) is 0 Å². The van der Waals surface area contributed by atoms with Gasteiger partial charge in [-0.05, 0) is 23.8 Å². The van der Waals surface area contributed by atoms with Gasteiger partial charge in [0.1, 0.15) is 0 Å². The van der Waals surface area contributed by atoms with Crippen LogP contribution in [-0.2, 0) is 6.54 Å². The molecule has 0 spiro atoms. The summed E-state index contributed by atoms with van der Waals surface area (Å²) in [4.78, 5) is 2.10. The highest BCUT2D eigenvalue weighted by Crippen LogP contribution is 2.12. The molecule has 18 heavy (non-hydrogen) atoms. The Morgan fingerprint density at radius 2 is 1.67 bits per heavy atom. The Balaban J connectivity index is 1.97. The molecule has 0 atom stereocenters. The Morgan fingerprint density at radius 1 is 1.00 bits per heavy atom. The van der Waals surface area contributed by atoms with E-state index in [1.54, 1.807) is 0 Å². The van der Waals surface area contributed by atoms with E-state index in [-0.39, 0.29) is 0 Å². The number of aromatic nitrogens is 1. The molecule has 2 heteroatoms. The summed E-state index contributed by atoms with van der Waals surface area (Å²) < 4.78 is 2.14. The predicted molar refractivity (Wildman–Crippen MR) is 76.4 cm³/mol. The number of pyridine rings is 1. The van der Waals surface area contributed by atoms with Gasteiger partial charge in [-0.1, -0.05) is 24.3 Å².